The van der Waals surface area contributed by atoms with Gasteiger partial charge in [0.15, 0.2) is 0 Å². The summed E-state index contributed by atoms with van der Waals surface area (Å²) >= 11 is 0. The van der Waals surface area contributed by atoms with E-state index < -0.39 is 16.9 Å². The molecule has 4 nitrogen and oxygen atoms in total. The summed E-state index contributed by atoms with van der Waals surface area (Å²) in [7, 11) is -0.729. The molecular formula is C17H26N2O2S. The first kappa shape index (κ1) is 18.8. The Labute approximate surface area is 136 Å². The molecule has 0 aliphatic heterocycles. The maximum absolute atomic E-state index is 11.7. The molecule has 122 valence electrons. The van der Waals surface area contributed by atoms with Gasteiger partial charge in [0.2, 0.25) is 0 Å². The molecular weight excluding hydrogens is 296 g/mol. The van der Waals surface area contributed by atoms with E-state index in [1.54, 1.807) is 24.3 Å². The number of rotatable bonds is 10. The molecule has 0 amide bonds. The minimum Gasteiger partial charge on any atom is -0.387 e. The topological polar surface area (TPSA) is 73.1 Å². The van der Waals surface area contributed by atoms with Crippen molar-refractivity contribution in [3.8, 4) is 6.07 Å². The Morgan fingerprint density at radius 2 is 1.95 bits per heavy atom. The summed E-state index contributed by atoms with van der Waals surface area (Å²) in [4.78, 5) is 0. The summed E-state index contributed by atoms with van der Waals surface area (Å²) in [6.45, 7) is 4.60. The van der Waals surface area contributed by atoms with E-state index in [0.717, 1.165) is 30.6 Å². The molecule has 0 saturated carbocycles. The lowest BCUT2D eigenvalue weighted by Crippen LogP contribution is -2.33. The Balaban J connectivity index is 2.41. The summed E-state index contributed by atoms with van der Waals surface area (Å²) in [5.41, 5.74) is 1.39. The first-order chi connectivity index (χ1) is 10.6. The van der Waals surface area contributed by atoms with E-state index in [1.807, 2.05) is 6.92 Å². The molecule has 0 fully saturated rings. The van der Waals surface area contributed by atoms with E-state index in [9.17, 15) is 9.32 Å². The van der Waals surface area contributed by atoms with Crippen LogP contribution in [-0.2, 0) is 10.8 Å². The standard InChI is InChI=1S/C17H26N2O2S/c1-3-10-22(21)11-9-16(4-2)19-13-17(20)15-7-5-14(12-18)6-8-15/h5-8,16-17,19-20H,3-4,9-11,13H2,1-2H3. The molecule has 22 heavy (non-hydrogen) atoms. The second-order valence-electron chi connectivity index (χ2n) is 5.40. The minimum absolute atomic E-state index is 0.272. The smallest absolute Gasteiger partial charge is 0.0991 e. The normalized spacial score (nSPS) is 15.0. The van der Waals surface area contributed by atoms with Gasteiger partial charge in [0.1, 0.15) is 0 Å². The Morgan fingerprint density at radius 3 is 2.50 bits per heavy atom. The highest BCUT2D eigenvalue weighted by molar-refractivity contribution is 7.84. The van der Waals surface area contributed by atoms with Gasteiger partial charge in [-0.15, -0.1) is 0 Å². The van der Waals surface area contributed by atoms with Crippen LogP contribution < -0.4 is 5.32 Å². The molecule has 0 radical (unpaired) electrons. The Bertz CT molecular complexity index is 496. The van der Waals surface area contributed by atoms with Crippen molar-refractivity contribution < 1.29 is 9.32 Å². The van der Waals surface area contributed by atoms with Gasteiger partial charge in [0.05, 0.1) is 17.7 Å². The molecule has 3 atom stereocenters. The van der Waals surface area contributed by atoms with Crippen LogP contribution in [0.2, 0.25) is 0 Å². The lowest BCUT2D eigenvalue weighted by molar-refractivity contribution is 0.169. The zero-order valence-electron chi connectivity index (χ0n) is 13.4. The van der Waals surface area contributed by atoms with Gasteiger partial charge in [-0.1, -0.05) is 26.0 Å². The second kappa shape index (κ2) is 10.5. The summed E-state index contributed by atoms with van der Waals surface area (Å²) in [6, 6.07) is 9.32. The van der Waals surface area contributed by atoms with Crippen molar-refractivity contribution in [3.63, 3.8) is 0 Å². The van der Waals surface area contributed by atoms with Crippen LogP contribution in [0.3, 0.4) is 0 Å². The molecule has 0 spiro atoms. The van der Waals surface area contributed by atoms with Crippen LogP contribution in [0.15, 0.2) is 24.3 Å². The lowest BCUT2D eigenvalue weighted by atomic mass is 10.1. The Morgan fingerprint density at radius 1 is 1.27 bits per heavy atom. The molecule has 0 aromatic heterocycles. The third-order valence-corrected chi connectivity index (χ3v) is 5.20. The van der Waals surface area contributed by atoms with Crippen molar-refractivity contribution >= 4 is 10.8 Å². The zero-order valence-corrected chi connectivity index (χ0v) is 14.2. The van der Waals surface area contributed by atoms with Crippen LogP contribution in [0.5, 0.6) is 0 Å². The maximum Gasteiger partial charge on any atom is 0.0991 e. The summed E-state index contributed by atoms with van der Waals surface area (Å²) in [6.07, 6.45) is 2.17. The van der Waals surface area contributed by atoms with E-state index in [2.05, 4.69) is 18.3 Å². The second-order valence-corrected chi connectivity index (χ2v) is 7.10. The number of nitrogens with zero attached hydrogens (tertiary/aromatic N) is 1. The van der Waals surface area contributed by atoms with Gasteiger partial charge in [-0.2, -0.15) is 5.26 Å². The van der Waals surface area contributed by atoms with E-state index in [-0.39, 0.29) is 6.04 Å². The van der Waals surface area contributed by atoms with Crippen LogP contribution in [0.25, 0.3) is 0 Å². The molecule has 1 rings (SSSR count). The molecule has 0 aliphatic carbocycles. The Hall–Kier alpha value is -1.22. The average Bonchev–Trinajstić information content (AvgIpc) is 2.55. The van der Waals surface area contributed by atoms with Crippen LogP contribution in [0.4, 0.5) is 0 Å². The molecule has 1 aromatic rings. The van der Waals surface area contributed by atoms with Crippen molar-refractivity contribution in [2.45, 2.75) is 45.3 Å². The molecule has 0 bridgehead atoms. The number of aliphatic hydroxyl groups is 1. The van der Waals surface area contributed by atoms with Crippen molar-refractivity contribution in [2.75, 3.05) is 18.1 Å². The zero-order chi connectivity index (χ0) is 16.4. The van der Waals surface area contributed by atoms with E-state index >= 15 is 0 Å². The minimum atomic E-state index is -0.729. The molecule has 1 aromatic carbocycles. The molecule has 2 N–H and O–H groups in total. The lowest BCUT2D eigenvalue weighted by Gasteiger charge is -2.19. The van der Waals surface area contributed by atoms with Gasteiger partial charge < -0.3 is 10.4 Å². The van der Waals surface area contributed by atoms with E-state index in [1.165, 1.54) is 0 Å². The van der Waals surface area contributed by atoms with Crippen LogP contribution >= 0.6 is 0 Å². The van der Waals surface area contributed by atoms with Crippen LogP contribution in [-0.4, -0.2) is 33.4 Å². The largest absolute Gasteiger partial charge is 0.387 e. The molecule has 3 unspecified atom stereocenters. The summed E-state index contributed by atoms with van der Waals surface area (Å²) in [5.74, 6) is 1.48. The predicted octanol–water partition coefficient (Wildman–Crippen LogP) is 2.51. The van der Waals surface area contributed by atoms with Crippen molar-refractivity contribution in [3.05, 3.63) is 35.4 Å². The molecule has 0 heterocycles. The Kier molecular flexibility index (Phi) is 8.98. The fourth-order valence-electron chi connectivity index (χ4n) is 2.23. The van der Waals surface area contributed by atoms with Gasteiger partial charge in [-0.25, -0.2) is 0 Å². The molecule has 5 heteroatoms. The highest BCUT2D eigenvalue weighted by Crippen LogP contribution is 2.13. The number of aliphatic hydroxyl groups excluding tert-OH is 1. The first-order valence-electron chi connectivity index (χ1n) is 7.87. The average molecular weight is 322 g/mol. The fourth-order valence-corrected chi connectivity index (χ4v) is 3.44. The summed E-state index contributed by atoms with van der Waals surface area (Å²) < 4.78 is 11.7. The number of nitriles is 1. The summed E-state index contributed by atoms with van der Waals surface area (Å²) in [5, 5.41) is 22.3. The van der Waals surface area contributed by atoms with Crippen LogP contribution in [0, 0.1) is 11.3 Å². The third kappa shape index (κ3) is 6.69. The van der Waals surface area contributed by atoms with Crippen molar-refractivity contribution in [1.29, 1.82) is 5.26 Å². The monoisotopic (exact) mass is 322 g/mol. The van der Waals surface area contributed by atoms with Gasteiger partial charge in [-0.05, 0) is 37.0 Å². The van der Waals surface area contributed by atoms with E-state index in [4.69, 9.17) is 5.26 Å². The predicted molar refractivity (Wildman–Crippen MR) is 91.0 cm³/mol. The number of hydrogen-bond donors (Lipinski definition) is 2. The number of nitrogens with one attached hydrogen (secondary N) is 1. The number of benzene rings is 1. The maximum atomic E-state index is 11.7. The van der Waals surface area contributed by atoms with Crippen molar-refractivity contribution in [2.24, 2.45) is 0 Å². The number of hydrogen-bond acceptors (Lipinski definition) is 4. The molecule has 0 saturated heterocycles. The quantitative estimate of drug-likeness (QED) is 0.694. The van der Waals surface area contributed by atoms with Gasteiger partial charge >= 0.3 is 0 Å². The highest BCUT2D eigenvalue weighted by atomic mass is 32.2. The van der Waals surface area contributed by atoms with E-state index in [0.29, 0.717) is 17.9 Å². The van der Waals surface area contributed by atoms with Crippen LogP contribution in [0.1, 0.15) is 50.3 Å². The first-order valence-corrected chi connectivity index (χ1v) is 9.36. The fraction of sp³-hybridized carbons (Fsp3) is 0.588. The molecule has 0 aliphatic rings. The highest BCUT2D eigenvalue weighted by Gasteiger charge is 2.12. The van der Waals surface area contributed by atoms with Gasteiger partial charge in [0, 0.05) is 34.9 Å². The van der Waals surface area contributed by atoms with Gasteiger partial charge in [-0.3, -0.25) is 4.21 Å². The third-order valence-electron chi connectivity index (χ3n) is 3.64. The van der Waals surface area contributed by atoms with Crippen molar-refractivity contribution in [1.82, 2.24) is 5.32 Å². The SMILES string of the molecule is CCCS(=O)CCC(CC)NCC(O)c1ccc(C#N)cc1. The van der Waals surface area contributed by atoms with Gasteiger partial charge in [0.25, 0.3) is 0 Å².